The maximum Gasteiger partial charge on any atom is 0.332 e. The van der Waals surface area contributed by atoms with Crippen molar-refractivity contribution in [1.29, 1.82) is 0 Å². The molecule has 1 fully saturated rings. The van der Waals surface area contributed by atoms with Crippen molar-refractivity contribution in [2.75, 3.05) is 30.3 Å². The van der Waals surface area contributed by atoms with E-state index in [1.165, 1.54) is 0 Å². The number of nitro groups is 1. The summed E-state index contributed by atoms with van der Waals surface area (Å²) in [6.45, 7) is 5.60. The van der Waals surface area contributed by atoms with Gasteiger partial charge in [0.25, 0.3) is 0 Å². The minimum absolute atomic E-state index is 0.0657. The summed E-state index contributed by atoms with van der Waals surface area (Å²) in [7, 11) is 0. The van der Waals surface area contributed by atoms with Crippen molar-refractivity contribution >= 4 is 17.5 Å². The van der Waals surface area contributed by atoms with Crippen molar-refractivity contribution in [3.8, 4) is 0 Å². The second-order valence-electron chi connectivity index (χ2n) is 4.97. The van der Waals surface area contributed by atoms with E-state index in [9.17, 15) is 10.1 Å². The second-order valence-corrected chi connectivity index (χ2v) is 4.97. The summed E-state index contributed by atoms with van der Waals surface area (Å²) in [6, 6.07) is 0. The highest BCUT2D eigenvalue weighted by molar-refractivity contribution is 5.60. The van der Waals surface area contributed by atoms with Crippen LogP contribution >= 0.6 is 0 Å². The summed E-state index contributed by atoms with van der Waals surface area (Å²) < 4.78 is 5.54. The fourth-order valence-corrected chi connectivity index (χ4v) is 2.37. The zero-order valence-corrected chi connectivity index (χ0v) is 12.4. The second kappa shape index (κ2) is 7.16. The molecule has 21 heavy (non-hydrogen) atoms. The predicted molar refractivity (Wildman–Crippen MR) is 79.7 cm³/mol. The van der Waals surface area contributed by atoms with Crippen molar-refractivity contribution in [3.63, 3.8) is 0 Å². The highest BCUT2D eigenvalue weighted by Gasteiger charge is 2.22. The van der Waals surface area contributed by atoms with Crippen molar-refractivity contribution < 1.29 is 9.66 Å². The third-order valence-corrected chi connectivity index (χ3v) is 3.36. The van der Waals surface area contributed by atoms with Gasteiger partial charge in [0, 0.05) is 19.7 Å². The summed E-state index contributed by atoms with van der Waals surface area (Å²) in [5.74, 6) is 0.668. The number of aromatic nitrogens is 2. The number of anilines is 2. The van der Waals surface area contributed by atoms with Crippen LogP contribution in [0.15, 0.2) is 0 Å². The van der Waals surface area contributed by atoms with Crippen LogP contribution in [0.25, 0.3) is 0 Å². The number of rotatable bonds is 7. The van der Waals surface area contributed by atoms with E-state index in [2.05, 4.69) is 20.6 Å². The van der Waals surface area contributed by atoms with Crippen LogP contribution in [-0.4, -0.2) is 40.7 Å². The lowest BCUT2D eigenvalue weighted by atomic mass is 10.2. The Kier molecular flexibility index (Phi) is 5.26. The lowest BCUT2D eigenvalue weighted by Gasteiger charge is -2.12. The quantitative estimate of drug-likeness (QED) is 0.586. The summed E-state index contributed by atoms with van der Waals surface area (Å²) in [6.07, 6.45) is 3.20. The van der Waals surface area contributed by atoms with Crippen LogP contribution in [0.3, 0.4) is 0 Å². The molecule has 1 aliphatic heterocycles. The number of hydrogen-bond donors (Lipinski definition) is 2. The van der Waals surface area contributed by atoms with E-state index in [1.54, 1.807) is 6.92 Å². The third-order valence-electron chi connectivity index (χ3n) is 3.36. The van der Waals surface area contributed by atoms with Gasteiger partial charge >= 0.3 is 5.69 Å². The number of nitrogens with zero attached hydrogens (tertiary/aromatic N) is 3. The van der Waals surface area contributed by atoms with Gasteiger partial charge in [-0.1, -0.05) is 0 Å². The van der Waals surface area contributed by atoms with Crippen molar-refractivity contribution in [1.82, 2.24) is 9.97 Å². The Bertz CT molecular complexity index is 503. The normalized spacial score (nSPS) is 17.7. The van der Waals surface area contributed by atoms with Crippen LogP contribution in [0.1, 0.15) is 31.9 Å². The fourth-order valence-electron chi connectivity index (χ4n) is 2.37. The van der Waals surface area contributed by atoms with Gasteiger partial charge in [-0.25, -0.2) is 4.98 Å². The van der Waals surface area contributed by atoms with Crippen LogP contribution in [0.2, 0.25) is 0 Å². The van der Waals surface area contributed by atoms with Gasteiger partial charge in [0.05, 0.1) is 11.0 Å². The van der Waals surface area contributed by atoms with Gasteiger partial charge in [-0.3, -0.25) is 10.1 Å². The van der Waals surface area contributed by atoms with E-state index in [0.717, 1.165) is 25.9 Å². The Balaban J connectivity index is 2.08. The summed E-state index contributed by atoms with van der Waals surface area (Å²) in [5.41, 5.74) is 0.287. The molecule has 0 aliphatic carbocycles. The molecule has 2 rings (SSSR count). The molecule has 0 saturated carbocycles. The van der Waals surface area contributed by atoms with E-state index in [-0.39, 0.29) is 17.6 Å². The van der Waals surface area contributed by atoms with Crippen molar-refractivity contribution in [3.05, 3.63) is 15.8 Å². The lowest BCUT2D eigenvalue weighted by Crippen LogP contribution is -2.15. The van der Waals surface area contributed by atoms with E-state index < -0.39 is 4.92 Å². The molecule has 1 unspecified atom stereocenters. The molecule has 0 spiro atoms. The van der Waals surface area contributed by atoms with Gasteiger partial charge in [0.2, 0.25) is 11.8 Å². The minimum Gasteiger partial charge on any atom is -0.378 e. The van der Waals surface area contributed by atoms with Crippen molar-refractivity contribution in [2.24, 2.45) is 0 Å². The Morgan fingerprint density at radius 3 is 2.86 bits per heavy atom. The Morgan fingerprint density at radius 2 is 2.24 bits per heavy atom. The first-order chi connectivity index (χ1) is 10.1. The minimum atomic E-state index is -0.445. The number of aryl methyl sites for hydroxylation is 1. The van der Waals surface area contributed by atoms with E-state index in [0.29, 0.717) is 24.7 Å². The lowest BCUT2D eigenvalue weighted by molar-refractivity contribution is -0.385. The molecular formula is C13H21N5O3. The first-order valence-corrected chi connectivity index (χ1v) is 7.24. The molecule has 1 atom stereocenters. The van der Waals surface area contributed by atoms with Crippen LogP contribution in [0.5, 0.6) is 0 Å². The van der Waals surface area contributed by atoms with Gasteiger partial charge < -0.3 is 15.4 Å². The van der Waals surface area contributed by atoms with E-state index in [4.69, 9.17) is 4.74 Å². The maximum atomic E-state index is 11.2. The molecule has 0 bridgehead atoms. The maximum absolute atomic E-state index is 11.2. The zero-order valence-electron chi connectivity index (χ0n) is 12.4. The molecule has 2 heterocycles. The Hall–Kier alpha value is -1.96. The van der Waals surface area contributed by atoms with Gasteiger partial charge in [-0.2, -0.15) is 4.98 Å². The van der Waals surface area contributed by atoms with E-state index >= 15 is 0 Å². The first-order valence-electron chi connectivity index (χ1n) is 7.24. The predicted octanol–water partition coefficient (Wildman–Crippen LogP) is 2.11. The highest BCUT2D eigenvalue weighted by atomic mass is 16.6. The van der Waals surface area contributed by atoms with E-state index in [1.807, 2.05) is 6.92 Å². The number of ether oxygens (including phenoxy) is 1. The smallest absolute Gasteiger partial charge is 0.332 e. The molecule has 1 aromatic rings. The van der Waals surface area contributed by atoms with Crippen LogP contribution in [-0.2, 0) is 4.74 Å². The summed E-state index contributed by atoms with van der Waals surface area (Å²) >= 11 is 0. The molecule has 8 heteroatoms. The molecule has 8 nitrogen and oxygen atoms in total. The average Bonchev–Trinajstić information content (AvgIpc) is 2.91. The van der Waals surface area contributed by atoms with Crippen LogP contribution in [0, 0.1) is 17.0 Å². The number of hydrogen-bond acceptors (Lipinski definition) is 7. The monoisotopic (exact) mass is 295 g/mol. The van der Waals surface area contributed by atoms with Gasteiger partial charge in [0.1, 0.15) is 5.69 Å². The van der Waals surface area contributed by atoms with Gasteiger partial charge in [-0.15, -0.1) is 0 Å². The summed E-state index contributed by atoms with van der Waals surface area (Å²) in [4.78, 5) is 19.0. The molecule has 116 valence electrons. The van der Waals surface area contributed by atoms with Crippen LogP contribution < -0.4 is 10.6 Å². The molecule has 0 radical (unpaired) electrons. The van der Waals surface area contributed by atoms with Crippen LogP contribution in [0.4, 0.5) is 17.5 Å². The molecule has 1 aromatic heterocycles. The third kappa shape index (κ3) is 4.01. The number of nitrogens with one attached hydrogen (secondary N) is 2. The molecule has 1 saturated heterocycles. The molecule has 0 aromatic carbocycles. The Labute approximate surface area is 123 Å². The zero-order chi connectivity index (χ0) is 15.2. The molecule has 1 aliphatic rings. The van der Waals surface area contributed by atoms with Crippen molar-refractivity contribution in [2.45, 2.75) is 39.2 Å². The van der Waals surface area contributed by atoms with Gasteiger partial charge in [-0.05, 0) is 33.1 Å². The standard InChI is InChI=1S/C13H21N5O3/c1-3-14-13-16-9(2)11(18(19)20)12(17-13)15-7-6-10-5-4-8-21-10/h10H,3-8H2,1-2H3,(H2,14,15,16,17). The largest absolute Gasteiger partial charge is 0.378 e. The fraction of sp³-hybridized carbons (Fsp3) is 0.692. The topological polar surface area (TPSA) is 102 Å². The SMILES string of the molecule is CCNc1nc(C)c([N+](=O)[O-])c(NCCC2CCCO2)n1. The summed E-state index contributed by atoms with van der Waals surface area (Å²) in [5, 5.41) is 17.2. The molecular weight excluding hydrogens is 274 g/mol. The average molecular weight is 295 g/mol. The van der Waals surface area contributed by atoms with Gasteiger partial charge in [0.15, 0.2) is 0 Å². The molecule has 0 amide bonds. The Morgan fingerprint density at radius 1 is 1.43 bits per heavy atom. The molecule has 2 N–H and O–H groups in total. The highest BCUT2D eigenvalue weighted by Crippen LogP contribution is 2.26. The first kappa shape index (κ1) is 15.4.